The van der Waals surface area contributed by atoms with Gasteiger partial charge < -0.3 is 31.3 Å². The molecular formula is C29H39N3O7. The molecule has 2 aromatic rings. The molecule has 0 spiro atoms. The van der Waals surface area contributed by atoms with E-state index in [1.807, 2.05) is 27.7 Å². The number of amides is 3. The maximum absolute atomic E-state index is 13.4. The molecule has 0 bridgehead atoms. The molecule has 2 aromatic carbocycles. The zero-order chi connectivity index (χ0) is 29.1. The Kier molecular flexibility index (Phi) is 11.8. The van der Waals surface area contributed by atoms with E-state index >= 15 is 0 Å². The van der Waals surface area contributed by atoms with Gasteiger partial charge in [0.2, 0.25) is 17.7 Å². The minimum Gasteiger partial charge on any atom is -0.508 e. The third kappa shape index (κ3) is 11.1. The van der Waals surface area contributed by atoms with E-state index in [0.717, 1.165) is 0 Å². The minimum atomic E-state index is -1.26. The molecule has 6 N–H and O–H groups in total. The van der Waals surface area contributed by atoms with Crippen LogP contribution in [0.3, 0.4) is 0 Å². The lowest BCUT2D eigenvalue weighted by molar-refractivity contribution is -0.142. The number of nitrogens with one attached hydrogen (secondary N) is 3. The summed E-state index contributed by atoms with van der Waals surface area (Å²) in [5, 5.41) is 36.7. The van der Waals surface area contributed by atoms with Crippen molar-refractivity contribution in [2.45, 2.75) is 71.5 Å². The Bertz CT molecular complexity index is 1110. The molecule has 0 radical (unpaired) electrons. The number of phenols is 2. The van der Waals surface area contributed by atoms with Gasteiger partial charge in [0.25, 0.3) is 0 Å². The first kappa shape index (κ1) is 31.1. The molecule has 0 fully saturated rings. The van der Waals surface area contributed by atoms with Gasteiger partial charge in [0.05, 0.1) is 0 Å². The van der Waals surface area contributed by atoms with Gasteiger partial charge in [-0.25, -0.2) is 4.79 Å². The fourth-order valence-electron chi connectivity index (χ4n) is 4.02. The molecule has 0 aliphatic carbocycles. The van der Waals surface area contributed by atoms with Crippen LogP contribution in [0.2, 0.25) is 0 Å². The van der Waals surface area contributed by atoms with Crippen LogP contribution in [-0.4, -0.2) is 57.1 Å². The van der Waals surface area contributed by atoms with E-state index in [0.29, 0.717) is 11.1 Å². The van der Waals surface area contributed by atoms with Crippen molar-refractivity contribution in [3.63, 3.8) is 0 Å². The minimum absolute atomic E-state index is 0.00694. The predicted octanol–water partition coefficient (Wildman–Crippen LogP) is 2.51. The van der Waals surface area contributed by atoms with Crippen LogP contribution in [-0.2, 0) is 32.0 Å². The molecule has 39 heavy (non-hydrogen) atoms. The zero-order valence-corrected chi connectivity index (χ0v) is 22.8. The highest BCUT2D eigenvalue weighted by Gasteiger charge is 2.30. The summed E-state index contributed by atoms with van der Waals surface area (Å²) in [5.41, 5.74) is 1.30. The monoisotopic (exact) mass is 541 g/mol. The van der Waals surface area contributed by atoms with E-state index < -0.39 is 35.9 Å². The second-order valence-corrected chi connectivity index (χ2v) is 10.5. The first-order chi connectivity index (χ1) is 18.3. The summed E-state index contributed by atoms with van der Waals surface area (Å²) < 4.78 is 0. The molecule has 3 amide bonds. The van der Waals surface area contributed by atoms with Crippen LogP contribution in [0.5, 0.6) is 11.5 Å². The third-order valence-electron chi connectivity index (χ3n) is 5.95. The number of carboxylic acid groups (broad SMARTS) is 1. The molecule has 3 atom stereocenters. The maximum atomic E-state index is 13.4. The first-order valence-electron chi connectivity index (χ1n) is 13.0. The second-order valence-electron chi connectivity index (χ2n) is 10.5. The molecule has 0 unspecified atom stereocenters. The highest BCUT2D eigenvalue weighted by atomic mass is 16.4. The van der Waals surface area contributed by atoms with Crippen LogP contribution < -0.4 is 16.0 Å². The lowest BCUT2D eigenvalue weighted by atomic mass is 9.99. The summed E-state index contributed by atoms with van der Waals surface area (Å²) in [7, 11) is 0. The van der Waals surface area contributed by atoms with Crippen molar-refractivity contribution >= 4 is 23.7 Å². The van der Waals surface area contributed by atoms with Crippen molar-refractivity contribution in [2.24, 2.45) is 11.8 Å². The predicted molar refractivity (Wildman–Crippen MR) is 146 cm³/mol. The van der Waals surface area contributed by atoms with Crippen molar-refractivity contribution in [2.75, 3.05) is 0 Å². The Labute approximate surface area is 228 Å². The van der Waals surface area contributed by atoms with Gasteiger partial charge in [0, 0.05) is 19.3 Å². The number of carboxylic acids is 1. The molecule has 0 aliphatic heterocycles. The van der Waals surface area contributed by atoms with Gasteiger partial charge in [-0.15, -0.1) is 0 Å². The number of benzene rings is 2. The number of hydrogen-bond acceptors (Lipinski definition) is 6. The van der Waals surface area contributed by atoms with Crippen molar-refractivity contribution in [3.05, 3.63) is 59.7 Å². The summed E-state index contributed by atoms with van der Waals surface area (Å²) in [5.74, 6) is -2.61. The van der Waals surface area contributed by atoms with E-state index in [1.54, 1.807) is 24.3 Å². The van der Waals surface area contributed by atoms with Crippen LogP contribution in [0.4, 0.5) is 0 Å². The zero-order valence-electron chi connectivity index (χ0n) is 22.8. The number of rotatable bonds is 14. The van der Waals surface area contributed by atoms with Gasteiger partial charge >= 0.3 is 5.97 Å². The van der Waals surface area contributed by atoms with Crippen LogP contribution in [0, 0.1) is 11.8 Å². The largest absolute Gasteiger partial charge is 0.508 e. The Hall–Kier alpha value is -4.08. The van der Waals surface area contributed by atoms with Gasteiger partial charge in [-0.1, -0.05) is 52.0 Å². The summed E-state index contributed by atoms with van der Waals surface area (Å²) in [6, 6.07) is 8.96. The summed E-state index contributed by atoms with van der Waals surface area (Å²) >= 11 is 0. The van der Waals surface area contributed by atoms with E-state index in [1.165, 1.54) is 24.3 Å². The van der Waals surface area contributed by atoms with Crippen molar-refractivity contribution < 1.29 is 34.5 Å². The molecule has 10 heteroatoms. The quantitative estimate of drug-likeness (QED) is 0.214. The number of aliphatic carboxylic acids is 1. The maximum Gasteiger partial charge on any atom is 0.326 e. The average Bonchev–Trinajstić information content (AvgIpc) is 2.84. The summed E-state index contributed by atoms with van der Waals surface area (Å²) in [4.78, 5) is 51.0. The van der Waals surface area contributed by atoms with Crippen LogP contribution >= 0.6 is 0 Å². The van der Waals surface area contributed by atoms with Gasteiger partial charge in [-0.3, -0.25) is 14.4 Å². The van der Waals surface area contributed by atoms with Crippen molar-refractivity contribution in [1.29, 1.82) is 0 Å². The number of aromatic hydroxyl groups is 2. The molecule has 2 rings (SSSR count). The van der Waals surface area contributed by atoms with Crippen LogP contribution in [0.1, 0.15) is 51.7 Å². The topological polar surface area (TPSA) is 165 Å². The average molecular weight is 542 g/mol. The molecule has 0 saturated heterocycles. The Morgan fingerprint density at radius 2 is 1.08 bits per heavy atom. The number of phenolic OH excluding ortho intramolecular Hbond substituents is 2. The Morgan fingerprint density at radius 3 is 1.51 bits per heavy atom. The van der Waals surface area contributed by atoms with Crippen LogP contribution in [0.25, 0.3) is 0 Å². The fraction of sp³-hybridized carbons (Fsp3) is 0.448. The molecular weight excluding hydrogens is 502 g/mol. The Morgan fingerprint density at radius 1 is 0.641 bits per heavy atom. The molecule has 212 valence electrons. The van der Waals surface area contributed by atoms with Gasteiger partial charge in [0.1, 0.15) is 29.6 Å². The number of hydrogen-bond donors (Lipinski definition) is 6. The molecule has 0 saturated carbocycles. The van der Waals surface area contributed by atoms with Gasteiger partial charge in [-0.2, -0.15) is 0 Å². The van der Waals surface area contributed by atoms with Crippen LogP contribution in [0.15, 0.2) is 48.5 Å². The van der Waals surface area contributed by atoms with Crippen molar-refractivity contribution in [1.82, 2.24) is 16.0 Å². The summed E-state index contributed by atoms with van der Waals surface area (Å²) in [6.07, 6.45) is 0.574. The normalized spacial score (nSPS) is 13.4. The highest BCUT2D eigenvalue weighted by molar-refractivity contribution is 5.93. The number of carbonyl (C=O) groups is 4. The standard InChI is InChI=1S/C29H39N3O7/c1-17(2)13-23(27(36)32-25(29(38)39)16-20-7-11-22(34)12-8-20)31-28(37)24(30-26(35)14-18(3)4)15-19-5-9-21(33)10-6-19/h5-12,17-18,23-25,33-34H,13-16H2,1-4H3,(H,30,35)(H,31,37)(H,32,36)(H,38,39)/t23-,24-,25-/m0/s1. The third-order valence-corrected chi connectivity index (χ3v) is 5.95. The first-order valence-corrected chi connectivity index (χ1v) is 13.0. The molecule has 0 heterocycles. The van der Waals surface area contributed by atoms with E-state index in [4.69, 9.17) is 0 Å². The fourth-order valence-corrected chi connectivity index (χ4v) is 4.02. The molecule has 10 nitrogen and oxygen atoms in total. The molecule has 0 aliphatic rings. The lowest BCUT2D eigenvalue weighted by Crippen LogP contribution is -2.56. The second kappa shape index (κ2) is 14.8. The van der Waals surface area contributed by atoms with Gasteiger partial charge in [0.15, 0.2) is 0 Å². The highest BCUT2D eigenvalue weighted by Crippen LogP contribution is 2.14. The lowest BCUT2D eigenvalue weighted by Gasteiger charge is -2.26. The van der Waals surface area contributed by atoms with Gasteiger partial charge in [-0.05, 0) is 53.6 Å². The summed E-state index contributed by atoms with van der Waals surface area (Å²) in [6.45, 7) is 7.51. The smallest absolute Gasteiger partial charge is 0.326 e. The van der Waals surface area contributed by atoms with E-state index in [2.05, 4.69) is 16.0 Å². The SMILES string of the molecule is CC(C)CC(=O)N[C@@H](Cc1ccc(O)cc1)C(=O)N[C@@H](CC(C)C)C(=O)N[C@@H](Cc1ccc(O)cc1)C(=O)O. The van der Waals surface area contributed by atoms with Crippen molar-refractivity contribution in [3.8, 4) is 11.5 Å². The molecule has 0 aromatic heterocycles. The van der Waals surface area contributed by atoms with E-state index in [-0.39, 0.29) is 54.9 Å². The van der Waals surface area contributed by atoms with E-state index in [9.17, 15) is 34.5 Å². The Balaban J connectivity index is 2.21. The number of carbonyl (C=O) groups excluding carboxylic acids is 3.